The molecule has 0 atom stereocenters. The molecule has 2 aromatic rings. The van der Waals surface area contributed by atoms with Gasteiger partial charge in [0.05, 0.1) is 0 Å². The van der Waals surface area contributed by atoms with Crippen LogP contribution in [0.15, 0.2) is 34.7 Å². The molecule has 0 aliphatic rings. The van der Waals surface area contributed by atoms with E-state index in [-0.39, 0.29) is 24.4 Å². The summed E-state index contributed by atoms with van der Waals surface area (Å²) >= 11 is 5.71. The van der Waals surface area contributed by atoms with Gasteiger partial charge in [-0.15, -0.1) is 0 Å². The minimum absolute atomic E-state index is 0.0556. The van der Waals surface area contributed by atoms with Crippen LogP contribution in [0.4, 0.5) is 13.2 Å². The van der Waals surface area contributed by atoms with E-state index in [0.29, 0.717) is 10.6 Å². The van der Waals surface area contributed by atoms with E-state index in [4.69, 9.17) is 21.1 Å². The zero-order valence-corrected chi connectivity index (χ0v) is 10.4. The van der Waals surface area contributed by atoms with Crippen molar-refractivity contribution in [2.24, 2.45) is 0 Å². The third kappa shape index (κ3) is 3.11. The Balaban J connectivity index is 2.45. The maximum Gasteiger partial charge on any atom is 0.449 e. The number of benzene rings is 1. The van der Waals surface area contributed by atoms with Crippen molar-refractivity contribution in [2.45, 2.75) is 12.6 Å². The van der Waals surface area contributed by atoms with Gasteiger partial charge >= 0.3 is 6.18 Å². The number of hydrogen-bond donors (Lipinski definition) is 1. The molecule has 1 N–H and O–H groups in total. The summed E-state index contributed by atoms with van der Waals surface area (Å²) in [6, 6.07) is 7.58. The molecule has 0 unspecified atom stereocenters. The Hall–Kier alpha value is -1.46. The minimum atomic E-state index is -4.57. The second-order valence-corrected chi connectivity index (χ2v) is 4.38. The highest BCUT2D eigenvalue weighted by Crippen LogP contribution is 2.37. The van der Waals surface area contributed by atoms with Crippen molar-refractivity contribution in [1.29, 1.82) is 0 Å². The molecule has 0 saturated heterocycles. The first kappa shape index (κ1) is 14.0. The summed E-state index contributed by atoms with van der Waals surface area (Å²) in [5.74, 6) is -0.959. The van der Waals surface area contributed by atoms with Crippen LogP contribution in [0, 0.1) is 0 Å². The molecular weight excluding hydrogens is 281 g/mol. The summed E-state index contributed by atoms with van der Waals surface area (Å²) in [5, 5.41) is 9.29. The van der Waals surface area contributed by atoms with Crippen LogP contribution in [-0.4, -0.2) is 11.7 Å². The van der Waals surface area contributed by atoms with Gasteiger partial charge in [0.15, 0.2) is 0 Å². The third-order valence-corrected chi connectivity index (χ3v) is 2.83. The van der Waals surface area contributed by atoms with Crippen LogP contribution in [0.25, 0.3) is 11.3 Å². The van der Waals surface area contributed by atoms with Gasteiger partial charge in [-0.25, -0.2) is 0 Å². The van der Waals surface area contributed by atoms with Crippen LogP contribution < -0.4 is 0 Å². The van der Waals surface area contributed by atoms with Gasteiger partial charge in [0, 0.05) is 22.8 Å². The monoisotopic (exact) mass is 290 g/mol. The Morgan fingerprint density at radius 3 is 2.32 bits per heavy atom. The van der Waals surface area contributed by atoms with Crippen LogP contribution in [0.5, 0.6) is 0 Å². The van der Waals surface area contributed by atoms with Gasteiger partial charge in [0.25, 0.3) is 0 Å². The van der Waals surface area contributed by atoms with Gasteiger partial charge < -0.3 is 9.52 Å². The summed E-state index contributed by atoms with van der Waals surface area (Å²) in [6.45, 7) is -0.372. The standard InChI is InChI=1S/C13H10ClF3O2/c14-10-3-1-8(2-4-10)11-7-9(5-6-18)12(19-11)13(15,16)17/h1-4,7,18H,5-6H2. The molecular formula is C13H10ClF3O2. The highest BCUT2D eigenvalue weighted by atomic mass is 35.5. The second kappa shape index (κ2) is 5.27. The summed E-state index contributed by atoms with van der Waals surface area (Å²) in [4.78, 5) is 0. The van der Waals surface area contributed by atoms with Crippen LogP contribution in [0.1, 0.15) is 11.3 Å². The lowest BCUT2D eigenvalue weighted by Crippen LogP contribution is -2.07. The molecule has 0 radical (unpaired) electrons. The fourth-order valence-electron chi connectivity index (χ4n) is 1.73. The van der Waals surface area contributed by atoms with Gasteiger partial charge in [-0.05, 0) is 36.8 Å². The fraction of sp³-hybridized carbons (Fsp3) is 0.231. The normalized spacial score (nSPS) is 11.8. The molecule has 0 aliphatic carbocycles. The van der Waals surface area contributed by atoms with Gasteiger partial charge in [-0.1, -0.05) is 11.6 Å². The molecule has 102 valence electrons. The fourth-order valence-corrected chi connectivity index (χ4v) is 1.86. The average molecular weight is 291 g/mol. The van der Waals surface area contributed by atoms with E-state index >= 15 is 0 Å². The number of rotatable bonds is 3. The Labute approximate surface area is 112 Å². The highest BCUT2D eigenvalue weighted by Gasteiger charge is 2.38. The van der Waals surface area contributed by atoms with Gasteiger partial charge in [-0.3, -0.25) is 0 Å². The molecule has 0 fully saturated rings. The Morgan fingerprint density at radius 1 is 1.16 bits per heavy atom. The van der Waals surface area contributed by atoms with Crippen LogP contribution in [0.2, 0.25) is 5.02 Å². The molecule has 0 saturated carbocycles. The molecule has 0 aliphatic heterocycles. The maximum atomic E-state index is 12.8. The number of aliphatic hydroxyl groups is 1. The number of halogens is 4. The van der Waals surface area contributed by atoms with E-state index in [1.54, 1.807) is 24.3 Å². The van der Waals surface area contributed by atoms with Crippen molar-refractivity contribution in [1.82, 2.24) is 0 Å². The number of alkyl halides is 3. The zero-order chi connectivity index (χ0) is 14.0. The Morgan fingerprint density at radius 2 is 1.79 bits per heavy atom. The quantitative estimate of drug-likeness (QED) is 0.921. The Kier molecular flexibility index (Phi) is 3.87. The summed E-state index contributed by atoms with van der Waals surface area (Å²) in [6.07, 6.45) is -4.68. The first-order valence-corrected chi connectivity index (χ1v) is 5.86. The van der Waals surface area contributed by atoms with Gasteiger partial charge in [0.1, 0.15) is 5.76 Å². The summed E-state index contributed by atoms with van der Waals surface area (Å²) in [7, 11) is 0. The minimum Gasteiger partial charge on any atom is -0.451 e. The molecule has 1 heterocycles. The highest BCUT2D eigenvalue weighted by molar-refractivity contribution is 6.30. The number of furan rings is 1. The molecule has 0 bridgehead atoms. The van der Waals surface area contributed by atoms with E-state index in [2.05, 4.69) is 0 Å². The first-order valence-electron chi connectivity index (χ1n) is 5.48. The van der Waals surface area contributed by atoms with E-state index in [1.165, 1.54) is 6.07 Å². The van der Waals surface area contributed by atoms with E-state index in [1.807, 2.05) is 0 Å². The van der Waals surface area contributed by atoms with Crippen molar-refractivity contribution in [3.8, 4) is 11.3 Å². The predicted octanol–water partition coefficient (Wildman–Crippen LogP) is 4.15. The predicted molar refractivity (Wildman–Crippen MR) is 64.9 cm³/mol. The smallest absolute Gasteiger partial charge is 0.449 e. The molecule has 19 heavy (non-hydrogen) atoms. The SMILES string of the molecule is OCCc1cc(-c2ccc(Cl)cc2)oc1C(F)(F)F. The summed E-state index contributed by atoms with van der Waals surface area (Å²) in [5.41, 5.74) is 0.444. The van der Waals surface area contributed by atoms with Gasteiger partial charge in [0.2, 0.25) is 5.76 Å². The van der Waals surface area contributed by atoms with Gasteiger partial charge in [-0.2, -0.15) is 13.2 Å². The zero-order valence-electron chi connectivity index (χ0n) is 9.67. The van der Waals surface area contributed by atoms with E-state index in [9.17, 15) is 13.2 Å². The van der Waals surface area contributed by atoms with Crippen LogP contribution >= 0.6 is 11.6 Å². The van der Waals surface area contributed by atoms with Crippen molar-refractivity contribution >= 4 is 11.6 Å². The lowest BCUT2D eigenvalue weighted by Gasteiger charge is -2.04. The van der Waals surface area contributed by atoms with Crippen LogP contribution in [-0.2, 0) is 12.6 Å². The van der Waals surface area contributed by atoms with Crippen molar-refractivity contribution in [3.05, 3.63) is 46.7 Å². The second-order valence-electron chi connectivity index (χ2n) is 3.94. The topological polar surface area (TPSA) is 33.4 Å². The number of aliphatic hydroxyl groups excluding tert-OH is 1. The molecule has 0 amide bonds. The largest absolute Gasteiger partial charge is 0.451 e. The van der Waals surface area contributed by atoms with Crippen LogP contribution in [0.3, 0.4) is 0 Å². The molecule has 2 nitrogen and oxygen atoms in total. The number of hydrogen-bond acceptors (Lipinski definition) is 2. The lowest BCUT2D eigenvalue weighted by molar-refractivity contribution is -0.153. The maximum absolute atomic E-state index is 12.8. The van der Waals surface area contributed by atoms with E-state index in [0.717, 1.165) is 0 Å². The van der Waals surface area contributed by atoms with Crippen molar-refractivity contribution in [3.63, 3.8) is 0 Å². The van der Waals surface area contributed by atoms with Crippen molar-refractivity contribution in [2.75, 3.05) is 6.61 Å². The molecule has 2 rings (SSSR count). The van der Waals surface area contributed by atoms with E-state index < -0.39 is 11.9 Å². The van der Waals surface area contributed by atoms with Crippen molar-refractivity contribution < 1.29 is 22.7 Å². The molecule has 1 aromatic heterocycles. The average Bonchev–Trinajstić information content (AvgIpc) is 2.74. The molecule has 1 aromatic carbocycles. The Bertz CT molecular complexity index is 558. The third-order valence-electron chi connectivity index (χ3n) is 2.58. The summed E-state index contributed by atoms with van der Waals surface area (Å²) < 4.78 is 43.2. The molecule has 6 heteroatoms. The molecule has 0 spiro atoms. The first-order chi connectivity index (χ1) is 8.91. The lowest BCUT2D eigenvalue weighted by atomic mass is 10.1.